The molecule has 0 bridgehead atoms. The van der Waals surface area contributed by atoms with E-state index in [4.69, 9.17) is 0 Å². The lowest BCUT2D eigenvalue weighted by atomic mass is 10.0. The Morgan fingerprint density at radius 3 is 2.83 bits per heavy atom. The number of carbonyl (C=O) groups excluding carboxylic acids is 1. The van der Waals surface area contributed by atoms with E-state index in [0.29, 0.717) is 6.04 Å². The number of carbonyl (C=O) groups is 1. The molecule has 4 nitrogen and oxygen atoms in total. The van der Waals surface area contributed by atoms with Gasteiger partial charge in [0.2, 0.25) is 5.91 Å². The second kappa shape index (κ2) is 7.97. The van der Waals surface area contributed by atoms with Crippen molar-refractivity contribution < 1.29 is 4.79 Å². The molecular formula is C13H26ClN3O. The van der Waals surface area contributed by atoms with Crippen molar-refractivity contribution in [1.29, 1.82) is 0 Å². The molecule has 0 aromatic heterocycles. The van der Waals surface area contributed by atoms with Gasteiger partial charge in [0.05, 0.1) is 6.04 Å². The topological polar surface area (TPSA) is 44.4 Å². The van der Waals surface area contributed by atoms with E-state index < -0.39 is 0 Å². The third-order valence-electron chi connectivity index (χ3n) is 4.02. The molecule has 0 aromatic carbocycles. The second-order valence-corrected chi connectivity index (χ2v) is 5.32. The van der Waals surface area contributed by atoms with Crippen LogP contribution in [0.4, 0.5) is 0 Å². The molecule has 2 atom stereocenters. The Kier molecular flexibility index (Phi) is 6.97. The van der Waals surface area contributed by atoms with Gasteiger partial charge in [0, 0.05) is 19.1 Å². The van der Waals surface area contributed by atoms with Crippen LogP contribution in [0.25, 0.3) is 0 Å². The summed E-state index contributed by atoms with van der Waals surface area (Å²) in [5, 5.41) is 6.28. The van der Waals surface area contributed by atoms with Crippen molar-refractivity contribution in [2.24, 2.45) is 0 Å². The molecule has 106 valence electrons. The summed E-state index contributed by atoms with van der Waals surface area (Å²) in [6, 6.07) is 0.749. The van der Waals surface area contributed by atoms with E-state index in [1.54, 1.807) is 0 Å². The highest BCUT2D eigenvalue weighted by molar-refractivity contribution is 5.85. The lowest BCUT2D eigenvalue weighted by Crippen LogP contribution is -2.46. The number of halogens is 1. The van der Waals surface area contributed by atoms with Crippen LogP contribution in [0, 0.1) is 0 Å². The van der Waals surface area contributed by atoms with Gasteiger partial charge < -0.3 is 10.6 Å². The summed E-state index contributed by atoms with van der Waals surface area (Å²) in [4.78, 5) is 14.3. The first-order valence-electron chi connectivity index (χ1n) is 7.02. The van der Waals surface area contributed by atoms with Crippen molar-refractivity contribution in [3.05, 3.63) is 0 Å². The monoisotopic (exact) mass is 275 g/mol. The Balaban J connectivity index is 0.00000162. The quantitative estimate of drug-likeness (QED) is 0.809. The van der Waals surface area contributed by atoms with Crippen molar-refractivity contribution in [1.82, 2.24) is 15.5 Å². The number of nitrogens with zero attached hydrogens (tertiary/aromatic N) is 1. The highest BCUT2D eigenvalue weighted by Crippen LogP contribution is 2.15. The summed E-state index contributed by atoms with van der Waals surface area (Å²) in [6.07, 6.45) is 6.09. The third kappa shape index (κ3) is 4.41. The first-order valence-corrected chi connectivity index (χ1v) is 7.02. The van der Waals surface area contributed by atoms with E-state index in [0.717, 1.165) is 32.5 Å². The van der Waals surface area contributed by atoms with Crippen LogP contribution in [0.5, 0.6) is 0 Å². The molecule has 2 fully saturated rings. The Labute approximate surface area is 116 Å². The van der Waals surface area contributed by atoms with E-state index in [1.807, 2.05) is 0 Å². The van der Waals surface area contributed by atoms with Crippen molar-refractivity contribution in [2.45, 2.75) is 51.1 Å². The fraction of sp³-hybridized carbons (Fsp3) is 0.923. The molecule has 1 amide bonds. The summed E-state index contributed by atoms with van der Waals surface area (Å²) in [5.41, 5.74) is 0. The van der Waals surface area contributed by atoms with Gasteiger partial charge in [0.1, 0.15) is 0 Å². The molecule has 2 aliphatic rings. The van der Waals surface area contributed by atoms with Crippen LogP contribution in [0.2, 0.25) is 0 Å². The molecule has 2 heterocycles. The fourth-order valence-corrected chi connectivity index (χ4v) is 2.84. The van der Waals surface area contributed by atoms with E-state index in [-0.39, 0.29) is 24.4 Å². The normalized spacial score (nSPS) is 28.7. The molecule has 0 radical (unpaired) electrons. The SMILES string of the molecule is CC1CCCCN1CCNC(=O)C1CCCN1.Cl. The summed E-state index contributed by atoms with van der Waals surface area (Å²) < 4.78 is 0. The fourth-order valence-electron chi connectivity index (χ4n) is 2.84. The molecule has 0 saturated carbocycles. The maximum atomic E-state index is 11.8. The van der Waals surface area contributed by atoms with Crippen LogP contribution in [-0.2, 0) is 4.79 Å². The largest absolute Gasteiger partial charge is 0.353 e. The standard InChI is InChI=1S/C13H25N3O.ClH/c1-11-5-2-3-9-16(11)10-8-15-13(17)12-6-4-7-14-12;/h11-12,14H,2-10H2,1H3,(H,15,17);1H. The minimum Gasteiger partial charge on any atom is -0.353 e. The van der Waals surface area contributed by atoms with E-state index in [2.05, 4.69) is 22.5 Å². The number of piperidine rings is 1. The lowest BCUT2D eigenvalue weighted by molar-refractivity contribution is -0.122. The molecular weight excluding hydrogens is 250 g/mol. The van der Waals surface area contributed by atoms with Crippen LogP contribution in [0.1, 0.15) is 39.0 Å². The smallest absolute Gasteiger partial charge is 0.237 e. The molecule has 5 heteroatoms. The predicted octanol–water partition coefficient (Wildman–Crippen LogP) is 1.15. The van der Waals surface area contributed by atoms with Crippen LogP contribution in [0.3, 0.4) is 0 Å². The molecule has 0 aromatic rings. The Morgan fingerprint density at radius 1 is 1.33 bits per heavy atom. The number of hydrogen-bond acceptors (Lipinski definition) is 3. The van der Waals surface area contributed by atoms with Crippen molar-refractivity contribution >= 4 is 18.3 Å². The van der Waals surface area contributed by atoms with Crippen LogP contribution < -0.4 is 10.6 Å². The molecule has 2 saturated heterocycles. The van der Waals surface area contributed by atoms with Gasteiger partial charge >= 0.3 is 0 Å². The Morgan fingerprint density at radius 2 is 2.17 bits per heavy atom. The predicted molar refractivity (Wildman–Crippen MR) is 76.2 cm³/mol. The molecule has 2 aliphatic heterocycles. The molecule has 0 spiro atoms. The van der Waals surface area contributed by atoms with Crippen LogP contribution in [-0.4, -0.2) is 49.1 Å². The van der Waals surface area contributed by atoms with E-state index in [9.17, 15) is 4.79 Å². The summed E-state index contributed by atoms with van der Waals surface area (Å²) in [6.45, 7) is 6.26. The molecule has 2 N–H and O–H groups in total. The second-order valence-electron chi connectivity index (χ2n) is 5.32. The molecule has 0 aliphatic carbocycles. The van der Waals surface area contributed by atoms with Gasteiger partial charge in [0.15, 0.2) is 0 Å². The van der Waals surface area contributed by atoms with Gasteiger partial charge in [-0.2, -0.15) is 0 Å². The maximum absolute atomic E-state index is 11.8. The summed E-state index contributed by atoms with van der Waals surface area (Å²) in [7, 11) is 0. The van der Waals surface area contributed by atoms with Gasteiger partial charge in [-0.1, -0.05) is 6.42 Å². The minimum atomic E-state index is 0. The van der Waals surface area contributed by atoms with Crippen molar-refractivity contribution in [3.8, 4) is 0 Å². The number of likely N-dealkylation sites (tertiary alicyclic amines) is 1. The van der Waals surface area contributed by atoms with Gasteiger partial charge in [-0.05, 0) is 45.7 Å². The van der Waals surface area contributed by atoms with Gasteiger partial charge in [-0.25, -0.2) is 0 Å². The number of hydrogen-bond donors (Lipinski definition) is 2. The van der Waals surface area contributed by atoms with Crippen molar-refractivity contribution in [2.75, 3.05) is 26.2 Å². The van der Waals surface area contributed by atoms with Crippen molar-refractivity contribution in [3.63, 3.8) is 0 Å². The molecule has 2 rings (SSSR count). The highest BCUT2D eigenvalue weighted by atomic mass is 35.5. The number of nitrogens with one attached hydrogen (secondary N) is 2. The average molecular weight is 276 g/mol. The van der Waals surface area contributed by atoms with Crippen LogP contribution in [0.15, 0.2) is 0 Å². The number of amides is 1. The molecule has 2 unspecified atom stereocenters. The zero-order valence-corrected chi connectivity index (χ0v) is 12.1. The number of rotatable bonds is 4. The highest BCUT2D eigenvalue weighted by Gasteiger charge is 2.22. The van der Waals surface area contributed by atoms with Gasteiger partial charge in [-0.15, -0.1) is 12.4 Å². The van der Waals surface area contributed by atoms with Crippen LogP contribution >= 0.6 is 12.4 Å². The zero-order chi connectivity index (χ0) is 12.1. The summed E-state index contributed by atoms with van der Waals surface area (Å²) >= 11 is 0. The summed E-state index contributed by atoms with van der Waals surface area (Å²) in [5.74, 6) is 0.187. The third-order valence-corrected chi connectivity index (χ3v) is 4.02. The lowest BCUT2D eigenvalue weighted by Gasteiger charge is -2.33. The zero-order valence-electron chi connectivity index (χ0n) is 11.3. The maximum Gasteiger partial charge on any atom is 0.237 e. The first kappa shape index (κ1) is 15.7. The Bertz CT molecular complexity index is 257. The van der Waals surface area contributed by atoms with Gasteiger partial charge in [0.25, 0.3) is 0 Å². The molecule has 18 heavy (non-hydrogen) atoms. The minimum absolute atomic E-state index is 0. The van der Waals surface area contributed by atoms with E-state index in [1.165, 1.54) is 25.8 Å². The van der Waals surface area contributed by atoms with Gasteiger partial charge in [-0.3, -0.25) is 9.69 Å². The first-order chi connectivity index (χ1) is 8.27. The Hall–Kier alpha value is -0.320. The van der Waals surface area contributed by atoms with E-state index >= 15 is 0 Å². The average Bonchev–Trinajstić information content (AvgIpc) is 2.85.